The highest BCUT2D eigenvalue weighted by molar-refractivity contribution is 7.80. The summed E-state index contributed by atoms with van der Waals surface area (Å²) >= 11 is 5.27. The number of benzene rings is 2. The number of halogens is 1. The number of carbonyl (C=O) groups is 2. The van der Waals surface area contributed by atoms with E-state index in [-0.39, 0.29) is 11.1 Å². The van der Waals surface area contributed by atoms with Crippen molar-refractivity contribution in [2.45, 2.75) is 46.2 Å². The van der Waals surface area contributed by atoms with Crippen LogP contribution in [-0.2, 0) is 28.1 Å². The number of ketones is 1. The lowest BCUT2D eigenvalue weighted by atomic mass is 9.87. The Kier molecular flexibility index (Phi) is 7.45. The van der Waals surface area contributed by atoms with E-state index in [1.807, 2.05) is 0 Å². The highest BCUT2D eigenvalue weighted by atomic mass is 32.1. The van der Waals surface area contributed by atoms with Crippen molar-refractivity contribution in [3.8, 4) is 0 Å². The summed E-state index contributed by atoms with van der Waals surface area (Å²) < 4.78 is 14.1. The van der Waals surface area contributed by atoms with Gasteiger partial charge < -0.3 is 16.0 Å². The molecule has 0 fully saturated rings. The van der Waals surface area contributed by atoms with Gasteiger partial charge in [0.15, 0.2) is 5.11 Å². The van der Waals surface area contributed by atoms with Gasteiger partial charge in [0.05, 0.1) is 5.69 Å². The van der Waals surface area contributed by atoms with E-state index in [4.69, 9.17) is 12.2 Å². The molecule has 0 aliphatic heterocycles. The van der Waals surface area contributed by atoms with E-state index >= 15 is 0 Å². The normalized spacial score (nSPS) is 10.9. The lowest BCUT2D eigenvalue weighted by molar-refractivity contribution is -0.133. The molecule has 0 atom stereocenters. The molecule has 0 saturated heterocycles. The van der Waals surface area contributed by atoms with Crippen molar-refractivity contribution in [1.82, 2.24) is 10.6 Å². The van der Waals surface area contributed by atoms with Crippen molar-refractivity contribution in [2.75, 3.05) is 5.32 Å². The average Bonchev–Trinajstić information content (AvgIpc) is 2.66. The number of carbonyl (C=O) groups excluding carboxylic acids is 2. The summed E-state index contributed by atoms with van der Waals surface area (Å²) in [6, 6.07) is 12.7. The highest BCUT2D eigenvalue weighted by Gasteiger charge is 2.13. The van der Waals surface area contributed by atoms with Crippen LogP contribution < -0.4 is 16.0 Å². The van der Waals surface area contributed by atoms with Gasteiger partial charge in [-0.2, -0.15) is 0 Å². The fourth-order valence-electron chi connectivity index (χ4n) is 2.53. The molecule has 2 aromatic rings. The molecule has 0 aliphatic carbocycles. The van der Waals surface area contributed by atoms with Crippen molar-refractivity contribution >= 4 is 34.7 Å². The molecule has 3 N–H and O–H groups in total. The van der Waals surface area contributed by atoms with Gasteiger partial charge in [-0.1, -0.05) is 51.1 Å². The van der Waals surface area contributed by atoms with Gasteiger partial charge in [-0.25, -0.2) is 4.39 Å². The summed E-state index contributed by atoms with van der Waals surface area (Å²) in [5.41, 5.74) is 3.11. The Bertz CT molecular complexity index is 905. The summed E-state index contributed by atoms with van der Waals surface area (Å²) in [4.78, 5) is 22.3. The molecule has 0 aliphatic rings. The number of hydrogen-bond acceptors (Lipinski definition) is 3. The zero-order valence-corrected chi connectivity index (χ0v) is 17.9. The van der Waals surface area contributed by atoms with Crippen molar-refractivity contribution in [2.24, 2.45) is 0 Å². The quantitative estimate of drug-likeness (QED) is 0.494. The van der Waals surface area contributed by atoms with Gasteiger partial charge in [0.1, 0.15) is 5.82 Å². The lowest BCUT2D eigenvalue weighted by Gasteiger charge is -2.19. The van der Waals surface area contributed by atoms with E-state index < -0.39 is 17.5 Å². The third-order valence-electron chi connectivity index (χ3n) is 4.33. The zero-order chi connectivity index (χ0) is 21.6. The maximum atomic E-state index is 14.1. The standard InChI is InChI=1S/C22H26FN3O2S/c1-14(27)20(28)26-19-10-7-16(11-18(19)23)13-25-21(29)24-12-15-5-8-17(9-6-15)22(2,3)4/h5-11H,12-13H2,1-4H3,(H,26,28)(H2,24,25,29). The first-order valence-corrected chi connectivity index (χ1v) is 9.68. The number of nitrogens with one attached hydrogen (secondary N) is 3. The molecule has 0 aromatic heterocycles. The minimum Gasteiger partial charge on any atom is -0.359 e. The minimum atomic E-state index is -0.851. The first-order chi connectivity index (χ1) is 13.6. The fraction of sp³-hybridized carbons (Fsp3) is 0.318. The maximum Gasteiger partial charge on any atom is 0.291 e. The molecule has 0 radical (unpaired) electrons. The van der Waals surface area contributed by atoms with Crippen LogP contribution in [0.5, 0.6) is 0 Å². The number of hydrogen-bond donors (Lipinski definition) is 3. The Morgan fingerprint density at radius 3 is 2.03 bits per heavy atom. The van der Waals surface area contributed by atoms with Crippen LogP contribution in [0.25, 0.3) is 0 Å². The summed E-state index contributed by atoms with van der Waals surface area (Å²) in [5.74, 6) is -2.15. The number of rotatable bonds is 6. The fourth-order valence-corrected chi connectivity index (χ4v) is 2.67. The van der Waals surface area contributed by atoms with Crippen molar-refractivity contribution < 1.29 is 14.0 Å². The molecule has 154 valence electrons. The van der Waals surface area contributed by atoms with Crippen LogP contribution in [0.3, 0.4) is 0 Å². The van der Waals surface area contributed by atoms with E-state index in [2.05, 4.69) is 61.0 Å². The second kappa shape index (κ2) is 9.60. The molecular formula is C22H26FN3O2S. The maximum absolute atomic E-state index is 14.1. The zero-order valence-electron chi connectivity index (χ0n) is 17.1. The van der Waals surface area contributed by atoms with Crippen LogP contribution in [0.1, 0.15) is 44.4 Å². The number of Topliss-reactive ketones (excluding diaryl/α,β-unsaturated/α-hetero) is 1. The minimum absolute atomic E-state index is 0.0339. The molecule has 5 nitrogen and oxygen atoms in total. The van der Waals surface area contributed by atoms with Gasteiger partial charge >= 0.3 is 0 Å². The van der Waals surface area contributed by atoms with Crippen molar-refractivity contribution in [3.05, 3.63) is 65.0 Å². The number of anilines is 1. The van der Waals surface area contributed by atoms with Crippen LogP contribution in [-0.4, -0.2) is 16.8 Å². The molecule has 1 amide bonds. The second-order valence-corrected chi connectivity index (χ2v) is 8.22. The molecule has 2 rings (SSSR count). The van der Waals surface area contributed by atoms with E-state index in [0.717, 1.165) is 12.5 Å². The molecule has 7 heteroatoms. The van der Waals surface area contributed by atoms with Crippen LogP contribution in [0.15, 0.2) is 42.5 Å². The van der Waals surface area contributed by atoms with Gasteiger partial charge in [-0.3, -0.25) is 9.59 Å². The molecule has 0 spiro atoms. The van der Waals surface area contributed by atoms with Gasteiger partial charge in [-0.05, 0) is 46.5 Å². The predicted octanol–water partition coefficient (Wildman–Crippen LogP) is 3.82. The first-order valence-electron chi connectivity index (χ1n) is 9.27. The molecule has 0 unspecified atom stereocenters. The van der Waals surface area contributed by atoms with Crippen molar-refractivity contribution in [1.29, 1.82) is 0 Å². The van der Waals surface area contributed by atoms with Crippen molar-refractivity contribution in [3.63, 3.8) is 0 Å². The van der Waals surface area contributed by atoms with E-state index in [1.54, 1.807) is 6.07 Å². The molecule has 0 heterocycles. The topological polar surface area (TPSA) is 70.2 Å². The third-order valence-corrected chi connectivity index (χ3v) is 4.62. The van der Waals surface area contributed by atoms with Gasteiger partial charge in [-0.15, -0.1) is 0 Å². The van der Waals surface area contributed by atoms with Crippen LogP contribution >= 0.6 is 12.2 Å². The van der Waals surface area contributed by atoms with Crippen LogP contribution in [0.4, 0.5) is 10.1 Å². The predicted molar refractivity (Wildman–Crippen MR) is 117 cm³/mol. The monoisotopic (exact) mass is 415 g/mol. The Morgan fingerprint density at radius 1 is 0.966 bits per heavy atom. The van der Waals surface area contributed by atoms with Crippen LogP contribution in [0.2, 0.25) is 0 Å². The van der Waals surface area contributed by atoms with E-state index in [0.29, 0.717) is 23.8 Å². The molecular weight excluding hydrogens is 389 g/mol. The smallest absolute Gasteiger partial charge is 0.291 e. The summed E-state index contributed by atoms with van der Waals surface area (Å²) in [5, 5.41) is 8.84. The summed E-state index contributed by atoms with van der Waals surface area (Å²) in [6.45, 7) is 8.55. The van der Waals surface area contributed by atoms with Crippen LogP contribution in [0, 0.1) is 5.82 Å². The molecule has 29 heavy (non-hydrogen) atoms. The Balaban J connectivity index is 1.84. The van der Waals surface area contributed by atoms with E-state index in [1.165, 1.54) is 17.7 Å². The number of thiocarbonyl (C=S) groups is 1. The largest absolute Gasteiger partial charge is 0.359 e. The molecule has 0 saturated carbocycles. The number of amides is 1. The second-order valence-electron chi connectivity index (χ2n) is 7.81. The average molecular weight is 416 g/mol. The van der Waals surface area contributed by atoms with Gasteiger partial charge in [0.2, 0.25) is 5.78 Å². The highest BCUT2D eigenvalue weighted by Crippen LogP contribution is 2.22. The third kappa shape index (κ3) is 6.94. The molecule has 0 bridgehead atoms. The first kappa shape index (κ1) is 22.5. The van der Waals surface area contributed by atoms with E-state index in [9.17, 15) is 14.0 Å². The Labute approximate surface area is 176 Å². The molecule has 2 aromatic carbocycles. The van der Waals surface area contributed by atoms with Gasteiger partial charge in [0.25, 0.3) is 5.91 Å². The summed E-state index contributed by atoms with van der Waals surface area (Å²) in [7, 11) is 0. The Hall–Kier alpha value is -2.80. The van der Waals surface area contributed by atoms with Gasteiger partial charge in [0, 0.05) is 20.0 Å². The summed E-state index contributed by atoms with van der Waals surface area (Å²) in [6.07, 6.45) is 0. The SMILES string of the molecule is CC(=O)C(=O)Nc1ccc(CNC(=S)NCc2ccc(C(C)(C)C)cc2)cc1F. The Morgan fingerprint density at radius 2 is 1.52 bits per heavy atom. The lowest BCUT2D eigenvalue weighted by Crippen LogP contribution is -2.34.